The number of amides is 2. The number of halogens is 4. The lowest BCUT2D eigenvalue weighted by Crippen LogP contribution is -2.69. The second kappa shape index (κ2) is 11.2. The molecule has 0 radical (unpaired) electrons. The normalized spacial score (nSPS) is 25.1. The molecule has 0 saturated carbocycles. The molecule has 0 aromatic heterocycles. The number of nitrogens with zero attached hydrogens (tertiary/aromatic N) is 2. The maximum Gasteiger partial charge on any atom is 0.573 e. The Hall–Kier alpha value is -4.25. The maximum atomic E-state index is 15.4. The van der Waals surface area contributed by atoms with Crippen molar-refractivity contribution in [3.8, 4) is 23.0 Å². The van der Waals surface area contributed by atoms with E-state index in [0.717, 1.165) is 18.2 Å². The van der Waals surface area contributed by atoms with Crippen LogP contribution in [0.15, 0.2) is 59.5 Å². The minimum atomic E-state index is -5.31. The van der Waals surface area contributed by atoms with Crippen LogP contribution < -0.4 is 28.6 Å². The molecular weight excluding hydrogens is 671 g/mol. The smallest absolute Gasteiger partial charge is 0.497 e. The molecule has 47 heavy (non-hydrogen) atoms. The van der Waals surface area contributed by atoms with E-state index in [1.165, 1.54) is 45.5 Å². The Morgan fingerprint density at radius 2 is 1.89 bits per heavy atom. The largest absolute Gasteiger partial charge is 0.573 e. The number of rotatable bonds is 7. The summed E-state index contributed by atoms with van der Waals surface area (Å²) in [4.78, 5) is 27.9. The predicted octanol–water partition coefficient (Wildman–Crippen LogP) is 3.28. The van der Waals surface area contributed by atoms with Crippen molar-refractivity contribution >= 4 is 39.1 Å². The fourth-order valence-electron chi connectivity index (χ4n) is 6.99. The molecular formula is C30H28ClF3N3O9S+. The van der Waals surface area contributed by atoms with Crippen LogP contribution in [0, 0.1) is 0 Å². The average Bonchev–Trinajstić information content (AvgIpc) is 3.68. The third-order valence-corrected chi connectivity index (χ3v) is 10.8. The maximum absolute atomic E-state index is 15.4. The van der Waals surface area contributed by atoms with Gasteiger partial charge in [-0.15, -0.1) is 13.2 Å². The van der Waals surface area contributed by atoms with Gasteiger partial charge in [-0.05, 0) is 42.5 Å². The molecule has 0 bridgehead atoms. The quantitative estimate of drug-likeness (QED) is 0.356. The average molecular weight is 699 g/mol. The summed E-state index contributed by atoms with van der Waals surface area (Å²) < 4.78 is 90.2. The molecule has 3 aliphatic rings. The van der Waals surface area contributed by atoms with Gasteiger partial charge in [0.05, 0.1) is 31.0 Å². The predicted molar refractivity (Wildman–Crippen MR) is 159 cm³/mol. The van der Waals surface area contributed by atoms with E-state index in [-0.39, 0.29) is 58.8 Å². The third kappa shape index (κ3) is 4.84. The molecule has 4 atom stereocenters. The monoisotopic (exact) mass is 698 g/mol. The molecule has 3 aromatic rings. The van der Waals surface area contributed by atoms with Crippen LogP contribution in [0.25, 0.3) is 0 Å². The molecule has 3 heterocycles. The molecule has 0 spiro atoms. The Bertz CT molecular complexity index is 1910. The first-order chi connectivity index (χ1) is 22.1. The number of methoxy groups -OCH3 is 1. The number of hydrogen-bond donors (Lipinski definition) is 2. The van der Waals surface area contributed by atoms with Crippen LogP contribution in [0.5, 0.6) is 23.0 Å². The number of aliphatic hydroxyl groups is 1. The van der Waals surface area contributed by atoms with Crippen LogP contribution in [0.1, 0.15) is 17.5 Å². The summed E-state index contributed by atoms with van der Waals surface area (Å²) in [5, 5.41) is 13.7. The highest BCUT2D eigenvalue weighted by Gasteiger charge is 2.72. The van der Waals surface area contributed by atoms with Gasteiger partial charge in [0.15, 0.2) is 23.3 Å². The second-order valence-electron chi connectivity index (χ2n) is 11.3. The van der Waals surface area contributed by atoms with Gasteiger partial charge in [0.1, 0.15) is 23.3 Å². The molecule has 0 aliphatic carbocycles. The Balaban J connectivity index is 1.70. The van der Waals surface area contributed by atoms with E-state index in [9.17, 15) is 31.5 Å². The van der Waals surface area contributed by atoms with E-state index in [1.807, 2.05) is 0 Å². The fraction of sp³-hybridized carbons (Fsp3) is 0.333. The molecule has 2 N–H and O–H groups in total. The molecule has 2 unspecified atom stereocenters. The summed E-state index contributed by atoms with van der Waals surface area (Å²) in [7, 11) is -1.16. The summed E-state index contributed by atoms with van der Waals surface area (Å²) in [5.41, 5.74) is -2.34. The number of carbonyl (C=O) groups is 2. The van der Waals surface area contributed by atoms with Crippen LogP contribution >= 0.6 is 11.6 Å². The number of likely N-dealkylation sites (tertiary alicyclic amines) is 1. The Morgan fingerprint density at radius 1 is 1.15 bits per heavy atom. The zero-order valence-corrected chi connectivity index (χ0v) is 26.6. The van der Waals surface area contributed by atoms with E-state index in [4.69, 9.17) is 25.8 Å². The van der Waals surface area contributed by atoms with Crippen molar-refractivity contribution in [3.05, 3.63) is 70.7 Å². The van der Waals surface area contributed by atoms with Crippen LogP contribution in [0.2, 0.25) is 5.02 Å². The van der Waals surface area contributed by atoms with Crippen molar-refractivity contribution in [2.24, 2.45) is 0 Å². The summed E-state index contributed by atoms with van der Waals surface area (Å²) >= 11 is 6.49. The Labute approximate surface area is 271 Å². The number of benzene rings is 3. The summed E-state index contributed by atoms with van der Waals surface area (Å²) in [6.45, 7) is -0.463. The first kappa shape index (κ1) is 32.7. The van der Waals surface area contributed by atoms with Crippen LogP contribution in [0.3, 0.4) is 0 Å². The second-order valence-corrected chi connectivity index (χ2v) is 13.5. The van der Waals surface area contributed by atoms with E-state index < -0.39 is 61.0 Å². The molecule has 1 fully saturated rings. The topological polar surface area (TPSA) is 141 Å². The summed E-state index contributed by atoms with van der Waals surface area (Å²) in [5.74, 6) is -2.71. The minimum absolute atomic E-state index is 0.000204. The van der Waals surface area contributed by atoms with Crippen molar-refractivity contribution in [1.82, 2.24) is 5.32 Å². The van der Waals surface area contributed by atoms with Gasteiger partial charge < -0.3 is 29.4 Å². The van der Waals surface area contributed by atoms with Crippen molar-refractivity contribution in [1.29, 1.82) is 0 Å². The zero-order valence-electron chi connectivity index (χ0n) is 25.0. The van der Waals surface area contributed by atoms with E-state index in [2.05, 4.69) is 10.1 Å². The standard InChI is InChI=1S/C30H27ClF3N3O9S/c1-35-27(39)22-12-17(38)14-37(22,2)29(19-5-4-6-23-26(19)45-15-44-23)20-11-16(31)7-9-21(20)36(28(29)40)47(41,42)25-10-8-18(43-3)13-24(25)46-30(32,33)34/h4-11,13,17,22,38H,12,14-15H2,1-3H3/p+1/t17-,22+,29?,37?/m1/s1. The number of carbonyl (C=O) groups excluding carboxylic acids is 2. The van der Waals surface area contributed by atoms with Crippen molar-refractivity contribution < 1.29 is 59.7 Å². The number of quaternary nitrogens is 1. The Kier molecular flexibility index (Phi) is 7.77. The summed E-state index contributed by atoms with van der Waals surface area (Å²) in [6, 6.07) is 10.1. The van der Waals surface area contributed by atoms with E-state index >= 15 is 4.79 Å². The molecule has 17 heteroatoms. The molecule has 3 aromatic carbocycles. The first-order valence-electron chi connectivity index (χ1n) is 14.1. The van der Waals surface area contributed by atoms with Gasteiger partial charge in [0.2, 0.25) is 12.3 Å². The highest BCUT2D eigenvalue weighted by Crippen LogP contribution is 2.59. The zero-order chi connectivity index (χ0) is 34.1. The van der Waals surface area contributed by atoms with Crippen molar-refractivity contribution in [2.45, 2.75) is 35.4 Å². The van der Waals surface area contributed by atoms with Gasteiger partial charge >= 0.3 is 12.3 Å². The highest BCUT2D eigenvalue weighted by atomic mass is 35.5. The van der Waals surface area contributed by atoms with Crippen LogP contribution in [-0.4, -0.2) is 82.9 Å². The Morgan fingerprint density at radius 3 is 2.57 bits per heavy atom. The van der Waals surface area contributed by atoms with Gasteiger partial charge in [0.25, 0.3) is 15.9 Å². The number of anilines is 1. The number of alkyl halides is 3. The first-order valence-corrected chi connectivity index (χ1v) is 15.9. The van der Waals surface area contributed by atoms with Crippen LogP contribution in [-0.2, 0) is 25.2 Å². The van der Waals surface area contributed by atoms with Gasteiger partial charge in [-0.2, -0.15) is 4.31 Å². The van der Waals surface area contributed by atoms with Gasteiger partial charge in [-0.1, -0.05) is 17.7 Å². The highest BCUT2D eigenvalue weighted by molar-refractivity contribution is 7.93. The van der Waals surface area contributed by atoms with E-state index in [1.54, 1.807) is 12.1 Å². The number of para-hydroxylation sites is 1. The number of nitrogens with one attached hydrogen (secondary N) is 1. The minimum Gasteiger partial charge on any atom is -0.497 e. The van der Waals surface area contributed by atoms with Gasteiger partial charge in [-0.3, -0.25) is 14.1 Å². The third-order valence-electron chi connectivity index (χ3n) is 8.83. The van der Waals surface area contributed by atoms with Crippen molar-refractivity contribution in [3.63, 3.8) is 0 Å². The van der Waals surface area contributed by atoms with Gasteiger partial charge in [-0.25, -0.2) is 8.42 Å². The lowest BCUT2D eigenvalue weighted by molar-refractivity contribution is -0.953. The molecule has 6 rings (SSSR count). The lowest BCUT2D eigenvalue weighted by atomic mass is 9.78. The molecule has 2 amide bonds. The number of sulfonamides is 1. The lowest BCUT2D eigenvalue weighted by Gasteiger charge is -2.48. The molecule has 12 nitrogen and oxygen atoms in total. The SMILES string of the molecule is CNC(=O)[C@@H]1C[C@@H](O)C[N+]1(C)C1(c2cccc3c2OCO3)C(=O)N(S(=O)(=O)c2ccc(OC)cc2OC(F)(F)F)c2ccc(Cl)cc21. The number of ether oxygens (including phenoxy) is 4. The number of fused-ring (bicyclic) bond motifs is 2. The number of hydrogen-bond acceptors (Lipinski definition) is 9. The summed E-state index contributed by atoms with van der Waals surface area (Å²) in [6.07, 6.45) is -6.54. The molecule has 3 aliphatic heterocycles. The molecule has 1 saturated heterocycles. The van der Waals surface area contributed by atoms with Gasteiger partial charge in [0, 0.05) is 24.6 Å². The van der Waals surface area contributed by atoms with Crippen LogP contribution in [0.4, 0.5) is 18.9 Å². The number of aliphatic hydroxyl groups excluding tert-OH is 1. The fourth-order valence-corrected chi connectivity index (χ4v) is 8.73. The van der Waals surface area contributed by atoms with E-state index in [0.29, 0.717) is 4.31 Å². The van der Waals surface area contributed by atoms with Crippen molar-refractivity contribution in [2.75, 3.05) is 38.8 Å². The number of likely N-dealkylation sites (N-methyl/N-ethyl adjacent to an activating group) is 2. The molecule has 250 valence electrons.